The summed E-state index contributed by atoms with van der Waals surface area (Å²) in [6.07, 6.45) is 4.57. The van der Waals surface area contributed by atoms with Crippen molar-refractivity contribution < 1.29 is 4.79 Å². The minimum Gasteiger partial charge on any atom is -0.372 e. The molecule has 4 nitrogen and oxygen atoms in total. The van der Waals surface area contributed by atoms with Crippen LogP contribution in [0.1, 0.15) is 39.5 Å². The van der Waals surface area contributed by atoms with E-state index in [0.29, 0.717) is 12.3 Å². The number of benzene rings is 1. The molecule has 1 atom stereocenters. The molecule has 0 bridgehead atoms. The van der Waals surface area contributed by atoms with Gasteiger partial charge in [-0.15, -0.1) is 0 Å². The first-order valence-corrected chi connectivity index (χ1v) is 7.97. The molecular weight excluding hydrogens is 262 g/mol. The summed E-state index contributed by atoms with van der Waals surface area (Å²) in [5.41, 5.74) is 7.95. The first kappa shape index (κ1) is 15.8. The lowest BCUT2D eigenvalue weighted by atomic mass is 10.0. The van der Waals surface area contributed by atoms with Gasteiger partial charge in [-0.1, -0.05) is 13.8 Å². The minimum absolute atomic E-state index is 0.102. The molecule has 0 aromatic heterocycles. The van der Waals surface area contributed by atoms with E-state index in [9.17, 15) is 4.79 Å². The lowest BCUT2D eigenvalue weighted by molar-refractivity contribution is -0.117. The van der Waals surface area contributed by atoms with Crippen molar-refractivity contribution >= 4 is 17.3 Å². The highest BCUT2D eigenvalue weighted by atomic mass is 16.2. The monoisotopic (exact) mass is 289 g/mol. The van der Waals surface area contributed by atoms with Crippen molar-refractivity contribution in [2.24, 2.45) is 11.7 Å². The average molecular weight is 289 g/mol. The first-order valence-electron chi connectivity index (χ1n) is 7.97. The number of nitrogens with two attached hydrogens (primary N) is 1. The quantitative estimate of drug-likeness (QED) is 0.876. The normalized spacial score (nSPS) is 16.9. The maximum atomic E-state index is 12.0. The van der Waals surface area contributed by atoms with Crippen LogP contribution < -0.4 is 16.0 Å². The maximum Gasteiger partial charge on any atom is 0.241 e. The van der Waals surface area contributed by atoms with E-state index in [1.807, 2.05) is 12.1 Å². The number of carbonyl (C=O) groups excluding carboxylic acids is 1. The third kappa shape index (κ3) is 4.74. The highest BCUT2D eigenvalue weighted by molar-refractivity contribution is 5.94. The van der Waals surface area contributed by atoms with Crippen LogP contribution in [0.4, 0.5) is 11.4 Å². The number of amides is 1. The summed E-state index contributed by atoms with van der Waals surface area (Å²) in [6, 6.07) is 7.64. The molecule has 0 radical (unpaired) electrons. The molecule has 4 heteroatoms. The molecule has 21 heavy (non-hydrogen) atoms. The van der Waals surface area contributed by atoms with Gasteiger partial charge in [0.2, 0.25) is 5.91 Å². The van der Waals surface area contributed by atoms with Gasteiger partial charge in [0.25, 0.3) is 0 Å². The molecule has 1 amide bonds. The summed E-state index contributed by atoms with van der Waals surface area (Å²) in [6.45, 7) is 6.40. The van der Waals surface area contributed by atoms with E-state index in [0.717, 1.165) is 18.8 Å². The van der Waals surface area contributed by atoms with Crippen LogP contribution in [0.5, 0.6) is 0 Å². The molecule has 1 aromatic rings. The predicted molar refractivity (Wildman–Crippen MR) is 88.6 cm³/mol. The third-order valence-corrected chi connectivity index (χ3v) is 3.92. The molecule has 1 fully saturated rings. The van der Waals surface area contributed by atoms with Gasteiger partial charge >= 0.3 is 0 Å². The minimum atomic E-state index is -0.438. The number of hydrogen-bond donors (Lipinski definition) is 2. The maximum absolute atomic E-state index is 12.0. The van der Waals surface area contributed by atoms with E-state index in [4.69, 9.17) is 5.73 Å². The Kier molecular flexibility index (Phi) is 5.62. The lowest BCUT2D eigenvalue weighted by Crippen LogP contribution is -2.36. The van der Waals surface area contributed by atoms with Crippen LogP contribution in [-0.4, -0.2) is 25.0 Å². The van der Waals surface area contributed by atoms with Crippen LogP contribution in [0, 0.1) is 5.92 Å². The summed E-state index contributed by atoms with van der Waals surface area (Å²) in [7, 11) is 0. The van der Waals surface area contributed by atoms with E-state index >= 15 is 0 Å². The van der Waals surface area contributed by atoms with Gasteiger partial charge in [0.1, 0.15) is 0 Å². The summed E-state index contributed by atoms with van der Waals surface area (Å²) in [5, 5.41) is 2.89. The van der Waals surface area contributed by atoms with E-state index in [1.54, 1.807) is 0 Å². The number of rotatable bonds is 5. The second-order valence-corrected chi connectivity index (χ2v) is 6.32. The van der Waals surface area contributed by atoms with Crippen molar-refractivity contribution in [3.05, 3.63) is 24.3 Å². The zero-order chi connectivity index (χ0) is 15.2. The van der Waals surface area contributed by atoms with Crippen LogP contribution in [0.15, 0.2) is 24.3 Å². The van der Waals surface area contributed by atoms with Gasteiger partial charge in [0, 0.05) is 24.5 Å². The molecule has 0 aliphatic carbocycles. The van der Waals surface area contributed by atoms with Crippen LogP contribution in [0.25, 0.3) is 0 Å². The van der Waals surface area contributed by atoms with Gasteiger partial charge in [0.15, 0.2) is 0 Å². The van der Waals surface area contributed by atoms with E-state index in [-0.39, 0.29) is 5.91 Å². The molecule has 1 aliphatic heterocycles. The number of anilines is 2. The summed E-state index contributed by atoms with van der Waals surface area (Å²) >= 11 is 0. The van der Waals surface area contributed by atoms with Crippen molar-refractivity contribution in [3.63, 3.8) is 0 Å². The molecule has 0 spiro atoms. The summed E-state index contributed by atoms with van der Waals surface area (Å²) in [5.74, 6) is 0.321. The highest BCUT2D eigenvalue weighted by Gasteiger charge is 2.15. The van der Waals surface area contributed by atoms with Gasteiger partial charge in [-0.2, -0.15) is 0 Å². The molecule has 116 valence electrons. The molecule has 2 rings (SSSR count). The highest BCUT2D eigenvalue weighted by Crippen LogP contribution is 2.21. The van der Waals surface area contributed by atoms with E-state index in [2.05, 4.69) is 36.2 Å². The van der Waals surface area contributed by atoms with Crippen molar-refractivity contribution in [2.75, 3.05) is 23.3 Å². The second kappa shape index (κ2) is 7.46. The number of piperidine rings is 1. The van der Waals surface area contributed by atoms with Gasteiger partial charge < -0.3 is 16.0 Å². The van der Waals surface area contributed by atoms with Crippen LogP contribution in [0.2, 0.25) is 0 Å². The molecule has 1 heterocycles. The molecule has 1 aromatic carbocycles. The van der Waals surface area contributed by atoms with Gasteiger partial charge in [-0.3, -0.25) is 4.79 Å². The van der Waals surface area contributed by atoms with Crippen molar-refractivity contribution in [2.45, 2.75) is 45.6 Å². The van der Waals surface area contributed by atoms with Crippen molar-refractivity contribution in [1.29, 1.82) is 0 Å². The largest absolute Gasteiger partial charge is 0.372 e. The Bertz CT molecular complexity index is 450. The lowest BCUT2D eigenvalue weighted by Gasteiger charge is -2.28. The average Bonchev–Trinajstić information content (AvgIpc) is 2.48. The van der Waals surface area contributed by atoms with Gasteiger partial charge in [0.05, 0.1) is 6.04 Å². The fraction of sp³-hybridized carbons (Fsp3) is 0.588. The molecule has 1 aliphatic rings. The predicted octanol–water partition coefficient (Wildman–Crippen LogP) is 2.99. The van der Waals surface area contributed by atoms with E-state index < -0.39 is 6.04 Å². The van der Waals surface area contributed by atoms with Crippen molar-refractivity contribution in [3.8, 4) is 0 Å². The van der Waals surface area contributed by atoms with Crippen LogP contribution >= 0.6 is 0 Å². The summed E-state index contributed by atoms with van der Waals surface area (Å²) in [4.78, 5) is 14.4. The number of nitrogens with zero attached hydrogens (tertiary/aromatic N) is 1. The standard InChI is InChI=1S/C17H27N3O/c1-13(2)12-16(18)17(21)19-14-6-8-15(9-7-14)20-10-4-3-5-11-20/h6-9,13,16H,3-5,10-12,18H2,1-2H3,(H,19,21)/t16-/m0/s1. The third-order valence-electron chi connectivity index (χ3n) is 3.92. The van der Waals surface area contributed by atoms with Crippen LogP contribution in [0.3, 0.4) is 0 Å². The van der Waals surface area contributed by atoms with Crippen molar-refractivity contribution in [1.82, 2.24) is 0 Å². The number of carbonyl (C=O) groups is 1. The number of hydrogen-bond acceptors (Lipinski definition) is 3. The molecular formula is C17H27N3O. The molecule has 1 saturated heterocycles. The zero-order valence-corrected chi connectivity index (χ0v) is 13.1. The second-order valence-electron chi connectivity index (χ2n) is 6.32. The Balaban J connectivity index is 1.91. The Morgan fingerprint density at radius 1 is 1.19 bits per heavy atom. The van der Waals surface area contributed by atoms with Gasteiger partial charge in [-0.25, -0.2) is 0 Å². The fourth-order valence-corrected chi connectivity index (χ4v) is 2.76. The molecule has 0 saturated carbocycles. The topological polar surface area (TPSA) is 58.4 Å². The Labute approximate surface area is 127 Å². The smallest absolute Gasteiger partial charge is 0.241 e. The molecule has 3 N–H and O–H groups in total. The summed E-state index contributed by atoms with van der Waals surface area (Å²) < 4.78 is 0. The number of nitrogens with one attached hydrogen (secondary N) is 1. The Morgan fingerprint density at radius 2 is 1.81 bits per heavy atom. The van der Waals surface area contributed by atoms with Gasteiger partial charge in [-0.05, 0) is 55.9 Å². The fourth-order valence-electron chi connectivity index (χ4n) is 2.76. The van der Waals surface area contributed by atoms with E-state index in [1.165, 1.54) is 24.9 Å². The Hall–Kier alpha value is -1.55. The molecule has 0 unspecified atom stereocenters. The van der Waals surface area contributed by atoms with Crippen LogP contribution in [-0.2, 0) is 4.79 Å². The first-order chi connectivity index (χ1) is 10.1. The SMILES string of the molecule is CC(C)C[C@H](N)C(=O)Nc1ccc(N2CCCCC2)cc1. The zero-order valence-electron chi connectivity index (χ0n) is 13.1. The Morgan fingerprint density at radius 3 is 2.38 bits per heavy atom.